The molecule has 0 heterocycles. The highest BCUT2D eigenvalue weighted by molar-refractivity contribution is 8.13. The van der Waals surface area contributed by atoms with Gasteiger partial charge in [0.1, 0.15) is 5.75 Å². The van der Waals surface area contributed by atoms with Crippen LogP contribution >= 0.6 is 11.8 Å². The Hall–Kier alpha value is -2.47. The van der Waals surface area contributed by atoms with E-state index >= 15 is 0 Å². The molecule has 0 aromatic heterocycles. The number of hydrogen-bond acceptors (Lipinski definition) is 4. The molecule has 2 rings (SSSR count). The number of thioether (sulfide) groups is 1. The molecule has 2 aromatic carbocycles. The standard InChI is InChI=1S/C21H26N2O3S/c1-14(2)16-7-6-8-18(13-16)26-15(3)20(24)22-17-9-11-19(12-10-17)27-21(25)23(4)5/h6-15H,1-5H3,(H,22,24). The number of hydrogen-bond donors (Lipinski definition) is 1. The van der Waals surface area contributed by atoms with Crippen LogP contribution in [0.3, 0.4) is 0 Å². The molecule has 0 fully saturated rings. The van der Waals surface area contributed by atoms with E-state index in [2.05, 4.69) is 19.2 Å². The van der Waals surface area contributed by atoms with Crippen LogP contribution in [-0.2, 0) is 4.79 Å². The molecule has 27 heavy (non-hydrogen) atoms. The molecule has 6 heteroatoms. The van der Waals surface area contributed by atoms with Gasteiger partial charge in [-0.1, -0.05) is 26.0 Å². The third-order valence-electron chi connectivity index (χ3n) is 3.90. The second-order valence-corrected chi connectivity index (χ2v) is 7.79. The van der Waals surface area contributed by atoms with E-state index in [0.717, 1.165) is 16.7 Å². The lowest BCUT2D eigenvalue weighted by molar-refractivity contribution is -0.122. The molecule has 0 aliphatic carbocycles. The minimum atomic E-state index is -0.628. The number of ether oxygens (including phenoxy) is 1. The zero-order valence-electron chi connectivity index (χ0n) is 16.4. The first-order valence-corrected chi connectivity index (χ1v) is 9.64. The summed E-state index contributed by atoms with van der Waals surface area (Å²) in [6.45, 7) is 5.95. The Morgan fingerprint density at radius 1 is 1.04 bits per heavy atom. The van der Waals surface area contributed by atoms with Gasteiger partial charge in [0.25, 0.3) is 11.1 Å². The summed E-state index contributed by atoms with van der Waals surface area (Å²) in [5, 5.41) is 2.79. The van der Waals surface area contributed by atoms with Crippen LogP contribution in [0, 0.1) is 0 Å². The van der Waals surface area contributed by atoms with Crippen molar-refractivity contribution in [2.24, 2.45) is 0 Å². The van der Waals surface area contributed by atoms with E-state index in [-0.39, 0.29) is 11.1 Å². The topological polar surface area (TPSA) is 58.6 Å². The molecule has 1 unspecified atom stereocenters. The van der Waals surface area contributed by atoms with Crippen LogP contribution in [0.5, 0.6) is 5.75 Å². The van der Waals surface area contributed by atoms with Crippen molar-refractivity contribution in [2.45, 2.75) is 37.7 Å². The molecule has 1 atom stereocenters. The lowest BCUT2D eigenvalue weighted by atomic mass is 10.0. The monoisotopic (exact) mass is 386 g/mol. The maximum atomic E-state index is 12.4. The van der Waals surface area contributed by atoms with Crippen molar-refractivity contribution in [1.29, 1.82) is 0 Å². The number of anilines is 1. The molecular weight excluding hydrogens is 360 g/mol. The highest BCUT2D eigenvalue weighted by atomic mass is 32.2. The first-order valence-electron chi connectivity index (χ1n) is 8.83. The van der Waals surface area contributed by atoms with Gasteiger partial charge < -0.3 is 15.0 Å². The normalized spacial score (nSPS) is 11.8. The maximum Gasteiger partial charge on any atom is 0.285 e. The number of carbonyl (C=O) groups excluding carboxylic acids is 2. The molecule has 5 nitrogen and oxygen atoms in total. The van der Waals surface area contributed by atoms with Crippen LogP contribution in [0.2, 0.25) is 0 Å². The van der Waals surface area contributed by atoms with Gasteiger partial charge in [0.15, 0.2) is 6.10 Å². The van der Waals surface area contributed by atoms with E-state index in [9.17, 15) is 9.59 Å². The van der Waals surface area contributed by atoms with Crippen molar-refractivity contribution in [2.75, 3.05) is 19.4 Å². The fourth-order valence-electron chi connectivity index (χ4n) is 2.25. The van der Waals surface area contributed by atoms with Gasteiger partial charge in [-0.15, -0.1) is 0 Å². The van der Waals surface area contributed by atoms with Gasteiger partial charge in [-0.05, 0) is 66.6 Å². The summed E-state index contributed by atoms with van der Waals surface area (Å²) in [5.74, 6) is 0.848. The van der Waals surface area contributed by atoms with Crippen LogP contribution in [0.25, 0.3) is 0 Å². The van der Waals surface area contributed by atoms with Crippen LogP contribution < -0.4 is 10.1 Å². The number of nitrogens with zero attached hydrogens (tertiary/aromatic N) is 1. The Bertz CT molecular complexity index is 788. The summed E-state index contributed by atoms with van der Waals surface area (Å²) >= 11 is 1.14. The Morgan fingerprint density at radius 2 is 1.70 bits per heavy atom. The predicted octanol–water partition coefficient (Wildman–Crippen LogP) is 4.99. The van der Waals surface area contributed by atoms with Gasteiger partial charge in [0.2, 0.25) is 0 Å². The second-order valence-electron chi connectivity index (χ2n) is 6.76. The minimum absolute atomic E-state index is 0.0440. The largest absolute Gasteiger partial charge is 0.481 e. The summed E-state index contributed by atoms with van der Waals surface area (Å²) in [7, 11) is 3.42. The number of rotatable bonds is 6. The minimum Gasteiger partial charge on any atom is -0.481 e. The molecule has 0 radical (unpaired) electrons. The molecule has 0 aliphatic heterocycles. The first-order chi connectivity index (χ1) is 12.8. The molecule has 0 saturated heterocycles. The number of amides is 2. The molecule has 1 N–H and O–H groups in total. The lowest BCUT2D eigenvalue weighted by Crippen LogP contribution is -2.30. The van der Waals surface area contributed by atoms with Crippen molar-refractivity contribution in [3.8, 4) is 5.75 Å². The zero-order valence-corrected chi connectivity index (χ0v) is 17.2. The van der Waals surface area contributed by atoms with E-state index < -0.39 is 6.10 Å². The van der Waals surface area contributed by atoms with Gasteiger partial charge in [-0.25, -0.2) is 0 Å². The third-order valence-corrected chi connectivity index (χ3v) is 4.95. The summed E-state index contributed by atoms with van der Waals surface area (Å²) in [4.78, 5) is 26.4. The van der Waals surface area contributed by atoms with Crippen molar-refractivity contribution in [1.82, 2.24) is 4.90 Å². The Labute approximate surface area is 165 Å². The maximum absolute atomic E-state index is 12.4. The molecule has 2 amide bonds. The average Bonchev–Trinajstić information content (AvgIpc) is 2.63. The Morgan fingerprint density at radius 3 is 2.30 bits per heavy atom. The van der Waals surface area contributed by atoms with Crippen molar-refractivity contribution in [3.63, 3.8) is 0 Å². The highest BCUT2D eigenvalue weighted by Crippen LogP contribution is 2.23. The van der Waals surface area contributed by atoms with E-state index in [1.165, 1.54) is 10.5 Å². The fourth-order valence-corrected chi connectivity index (χ4v) is 2.90. The Balaban J connectivity index is 1.94. The molecule has 0 saturated carbocycles. The number of carbonyl (C=O) groups is 2. The molecule has 0 spiro atoms. The van der Waals surface area contributed by atoms with Gasteiger partial charge in [0, 0.05) is 24.7 Å². The average molecular weight is 387 g/mol. The van der Waals surface area contributed by atoms with E-state index in [1.54, 1.807) is 45.3 Å². The smallest absolute Gasteiger partial charge is 0.285 e. The van der Waals surface area contributed by atoms with Crippen molar-refractivity contribution >= 4 is 28.6 Å². The van der Waals surface area contributed by atoms with E-state index in [1.807, 2.05) is 24.3 Å². The summed E-state index contributed by atoms with van der Waals surface area (Å²) < 4.78 is 5.78. The van der Waals surface area contributed by atoms with Gasteiger partial charge in [-0.3, -0.25) is 9.59 Å². The number of nitrogens with one attached hydrogen (secondary N) is 1. The fraction of sp³-hybridized carbons (Fsp3) is 0.333. The van der Waals surface area contributed by atoms with Crippen LogP contribution in [-0.4, -0.2) is 36.2 Å². The SMILES string of the molecule is CC(Oc1cccc(C(C)C)c1)C(=O)Nc1ccc(SC(=O)N(C)C)cc1. The Kier molecular flexibility index (Phi) is 7.30. The third kappa shape index (κ3) is 6.32. The molecule has 2 aromatic rings. The summed E-state index contributed by atoms with van der Waals surface area (Å²) in [5.41, 5.74) is 1.83. The van der Waals surface area contributed by atoms with Crippen LogP contribution in [0.15, 0.2) is 53.4 Å². The van der Waals surface area contributed by atoms with Crippen LogP contribution in [0.4, 0.5) is 10.5 Å². The molecule has 144 valence electrons. The number of benzene rings is 2. The van der Waals surface area contributed by atoms with Crippen molar-refractivity contribution < 1.29 is 14.3 Å². The van der Waals surface area contributed by atoms with Crippen molar-refractivity contribution in [3.05, 3.63) is 54.1 Å². The molecule has 0 aliphatic rings. The quantitative estimate of drug-likeness (QED) is 0.711. The summed E-state index contributed by atoms with van der Waals surface area (Å²) in [6.07, 6.45) is -0.628. The van der Waals surface area contributed by atoms with Crippen LogP contribution in [0.1, 0.15) is 32.3 Å². The van der Waals surface area contributed by atoms with Gasteiger partial charge in [0.05, 0.1) is 0 Å². The second kappa shape index (κ2) is 9.46. The zero-order chi connectivity index (χ0) is 20.0. The molecular formula is C21H26N2O3S. The van der Waals surface area contributed by atoms with Gasteiger partial charge in [-0.2, -0.15) is 0 Å². The highest BCUT2D eigenvalue weighted by Gasteiger charge is 2.15. The summed E-state index contributed by atoms with van der Waals surface area (Å²) in [6, 6.07) is 14.9. The van der Waals surface area contributed by atoms with Gasteiger partial charge >= 0.3 is 0 Å². The lowest BCUT2D eigenvalue weighted by Gasteiger charge is -2.16. The van der Waals surface area contributed by atoms with E-state index in [4.69, 9.17) is 4.74 Å². The first kappa shape index (κ1) is 20.8. The van der Waals surface area contributed by atoms with E-state index in [0.29, 0.717) is 17.4 Å². The predicted molar refractivity (Wildman–Crippen MR) is 111 cm³/mol. The molecule has 0 bridgehead atoms.